The van der Waals surface area contributed by atoms with Crippen LogP contribution in [0.4, 0.5) is 0 Å². The number of fused-ring (bicyclic) bond motifs is 1. The van der Waals surface area contributed by atoms with Crippen LogP contribution in [0.5, 0.6) is 0 Å². The summed E-state index contributed by atoms with van der Waals surface area (Å²) in [6.45, 7) is 0. The number of nitrogens with zero attached hydrogens (tertiary/aromatic N) is 2. The molecule has 76 valence electrons. The predicted molar refractivity (Wildman–Crippen MR) is 61.0 cm³/mol. The number of nitrogens with two attached hydrogens (primary N) is 1. The van der Waals surface area contributed by atoms with Gasteiger partial charge in [0.2, 0.25) is 0 Å². The topological polar surface area (TPSA) is 60.4 Å². The van der Waals surface area contributed by atoms with E-state index in [0.717, 1.165) is 10.9 Å². The number of pyridine rings is 1. The molecule has 2 N–H and O–H groups in total. The lowest BCUT2D eigenvalue weighted by atomic mass is 10.1. The standard InChI is InChI=1S/C11H11N3O/c1-14-5-4-9-3-2-8(7-13-12)6-10(9)11(14)15/h2-7H,12H2,1H3. The van der Waals surface area contributed by atoms with Gasteiger partial charge in [-0.25, -0.2) is 0 Å². The molecule has 0 saturated carbocycles. The van der Waals surface area contributed by atoms with Crippen molar-refractivity contribution in [1.82, 2.24) is 4.57 Å². The minimum Gasteiger partial charge on any atom is -0.323 e. The zero-order chi connectivity index (χ0) is 10.8. The summed E-state index contributed by atoms with van der Waals surface area (Å²) in [4.78, 5) is 11.8. The number of hydrazone groups is 1. The second kappa shape index (κ2) is 3.57. The smallest absolute Gasteiger partial charge is 0.258 e. The van der Waals surface area contributed by atoms with E-state index < -0.39 is 0 Å². The van der Waals surface area contributed by atoms with Gasteiger partial charge < -0.3 is 10.4 Å². The van der Waals surface area contributed by atoms with Crippen molar-refractivity contribution >= 4 is 17.0 Å². The van der Waals surface area contributed by atoms with Crippen LogP contribution in [0.15, 0.2) is 40.4 Å². The Morgan fingerprint density at radius 3 is 2.93 bits per heavy atom. The average Bonchev–Trinajstić information content (AvgIpc) is 2.25. The van der Waals surface area contributed by atoms with Crippen LogP contribution in [-0.4, -0.2) is 10.8 Å². The SMILES string of the molecule is Cn1ccc2ccc(C=NN)cc2c1=O. The monoisotopic (exact) mass is 201 g/mol. The van der Waals surface area contributed by atoms with Crippen molar-refractivity contribution in [2.45, 2.75) is 0 Å². The van der Waals surface area contributed by atoms with Crippen molar-refractivity contribution in [2.75, 3.05) is 0 Å². The van der Waals surface area contributed by atoms with E-state index in [-0.39, 0.29) is 5.56 Å². The first kappa shape index (κ1) is 9.45. The highest BCUT2D eigenvalue weighted by molar-refractivity contribution is 5.89. The number of rotatable bonds is 1. The lowest BCUT2D eigenvalue weighted by Crippen LogP contribution is -2.15. The van der Waals surface area contributed by atoms with Gasteiger partial charge in [0, 0.05) is 18.6 Å². The molecule has 0 aliphatic carbocycles. The summed E-state index contributed by atoms with van der Waals surface area (Å²) in [6, 6.07) is 7.44. The Balaban J connectivity index is 2.79. The van der Waals surface area contributed by atoms with Crippen LogP contribution in [0.25, 0.3) is 10.8 Å². The molecular formula is C11H11N3O. The van der Waals surface area contributed by atoms with E-state index in [1.54, 1.807) is 23.9 Å². The van der Waals surface area contributed by atoms with Crippen molar-refractivity contribution in [3.05, 3.63) is 46.4 Å². The van der Waals surface area contributed by atoms with Crippen molar-refractivity contribution in [3.8, 4) is 0 Å². The van der Waals surface area contributed by atoms with Gasteiger partial charge in [0.15, 0.2) is 0 Å². The van der Waals surface area contributed by atoms with E-state index in [0.29, 0.717) is 5.39 Å². The summed E-state index contributed by atoms with van der Waals surface area (Å²) >= 11 is 0. The van der Waals surface area contributed by atoms with Gasteiger partial charge in [0.25, 0.3) is 5.56 Å². The molecule has 0 aliphatic heterocycles. The molecule has 2 rings (SSSR count). The second-order valence-corrected chi connectivity index (χ2v) is 3.36. The maximum absolute atomic E-state index is 11.8. The lowest BCUT2D eigenvalue weighted by molar-refractivity contribution is 0.873. The highest BCUT2D eigenvalue weighted by Gasteiger charge is 2.00. The van der Waals surface area contributed by atoms with Gasteiger partial charge in [-0.15, -0.1) is 0 Å². The van der Waals surface area contributed by atoms with Crippen LogP contribution in [-0.2, 0) is 7.05 Å². The summed E-state index contributed by atoms with van der Waals surface area (Å²) in [5.74, 6) is 5.06. The summed E-state index contributed by atoms with van der Waals surface area (Å²) in [6.07, 6.45) is 3.27. The summed E-state index contributed by atoms with van der Waals surface area (Å²) in [5, 5.41) is 5.03. The number of hydrogen-bond donors (Lipinski definition) is 1. The Bertz CT molecular complexity index is 584. The van der Waals surface area contributed by atoms with Gasteiger partial charge in [-0.3, -0.25) is 4.79 Å². The van der Waals surface area contributed by atoms with E-state index in [9.17, 15) is 4.79 Å². The first-order valence-corrected chi connectivity index (χ1v) is 4.55. The third-order valence-corrected chi connectivity index (χ3v) is 2.33. The highest BCUT2D eigenvalue weighted by Crippen LogP contribution is 2.10. The summed E-state index contributed by atoms with van der Waals surface area (Å²) < 4.78 is 1.55. The molecule has 0 fully saturated rings. The van der Waals surface area contributed by atoms with Gasteiger partial charge in [-0.05, 0) is 23.1 Å². The second-order valence-electron chi connectivity index (χ2n) is 3.36. The Hall–Kier alpha value is -2.10. The first-order chi connectivity index (χ1) is 7.22. The van der Waals surface area contributed by atoms with Gasteiger partial charge in [-0.1, -0.05) is 12.1 Å². The van der Waals surface area contributed by atoms with E-state index in [2.05, 4.69) is 5.10 Å². The van der Waals surface area contributed by atoms with Crippen LogP contribution < -0.4 is 11.4 Å². The molecule has 0 radical (unpaired) electrons. The van der Waals surface area contributed by atoms with E-state index in [1.165, 1.54) is 6.21 Å². The molecule has 0 unspecified atom stereocenters. The Morgan fingerprint density at radius 2 is 2.20 bits per heavy atom. The molecule has 0 atom stereocenters. The first-order valence-electron chi connectivity index (χ1n) is 4.55. The zero-order valence-electron chi connectivity index (χ0n) is 8.34. The molecule has 0 aliphatic rings. The lowest BCUT2D eigenvalue weighted by Gasteiger charge is -2.01. The van der Waals surface area contributed by atoms with Crippen LogP contribution in [0.3, 0.4) is 0 Å². The van der Waals surface area contributed by atoms with Gasteiger partial charge in [-0.2, -0.15) is 5.10 Å². The molecule has 1 heterocycles. The normalized spacial score (nSPS) is 11.3. The highest BCUT2D eigenvalue weighted by atomic mass is 16.1. The molecule has 2 aromatic rings. The molecule has 0 amide bonds. The van der Waals surface area contributed by atoms with Crippen molar-refractivity contribution in [2.24, 2.45) is 18.0 Å². The maximum atomic E-state index is 11.8. The van der Waals surface area contributed by atoms with E-state index in [1.807, 2.05) is 18.2 Å². The van der Waals surface area contributed by atoms with E-state index >= 15 is 0 Å². The number of aryl methyl sites for hydroxylation is 1. The molecule has 4 nitrogen and oxygen atoms in total. The van der Waals surface area contributed by atoms with Crippen LogP contribution in [0.1, 0.15) is 5.56 Å². The van der Waals surface area contributed by atoms with Gasteiger partial charge >= 0.3 is 0 Å². The molecule has 15 heavy (non-hydrogen) atoms. The van der Waals surface area contributed by atoms with Crippen molar-refractivity contribution in [3.63, 3.8) is 0 Å². The summed E-state index contributed by atoms with van der Waals surface area (Å²) in [5.41, 5.74) is 0.813. The van der Waals surface area contributed by atoms with Crippen LogP contribution in [0, 0.1) is 0 Å². The van der Waals surface area contributed by atoms with Gasteiger partial charge in [0.1, 0.15) is 0 Å². The quantitative estimate of drug-likeness (QED) is 0.422. The Morgan fingerprint density at radius 1 is 1.40 bits per heavy atom. The third kappa shape index (κ3) is 1.61. The molecule has 4 heteroatoms. The zero-order valence-corrected chi connectivity index (χ0v) is 8.34. The van der Waals surface area contributed by atoms with E-state index in [4.69, 9.17) is 5.84 Å². The minimum atomic E-state index is -0.0141. The Labute approximate surface area is 86.6 Å². The predicted octanol–water partition coefficient (Wildman–Crippen LogP) is 0.831. The largest absolute Gasteiger partial charge is 0.323 e. The Kier molecular flexibility index (Phi) is 2.25. The number of benzene rings is 1. The molecule has 0 saturated heterocycles. The minimum absolute atomic E-state index is 0.0141. The fourth-order valence-corrected chi connectivity index (χ4v) is 1.52. The molecular weight excluding hydrogens is 190 g/mol. The number of hydrogen-bond acceptors (Lipinski definition) is 3. The van der Waals surface area contributed by atoms with Crippen LogP contribution in [0.2, 0.25) is 0 Å². The summed E-state index contributed by atoms with van der Waals surface area (Å²) in [7, 11) is 1.73. The maximum Gasteiger partial charge on any atom is 0.258 e. The molecule has 0 bridgehead atoms. The molecule has 1 aromatic heterocycles. The fraction of sp³-hybridized carbons (Fsp3) is 0.0909. The molecule has 1 aromatic carbocycles. The molecule has 0 spiro atoms. The third-order valence-electron chi connectivity index (χ3n) is 2.33. The fourth-order valence-electron chi connectivity index (χ4n) is 1.52. The van der Waals surface area contributed by atoms with Crippen LogP contribution >= 0.6 is 0 Å². The average molecular weight is 201 g/mol. The van der Waals surface area contributed by atoms with Crippen molar-refractivity contribution < 1.29 is 0 Å². The number of aromatic nitrogens is 1. The van der Waals surface area contributed by atoms with Gasteiger partial charge in [0.05, 0.1) is 6.21 Å². The van der Waals surface area contributed by atoms with Crippen molar-refractivity contribution in [1.29, 1.82) is 0 Å².